The van der Waals surface area contributed by atoms with Gasteiger partial charge in [-0.1, -0.05) is 11.6 Å². The summed E-state index contributed by atoms with van der Waals surface area (Å²) >= 11 is 5.63. The summed E-state index contributed by atoms with van der Waals surface area (Å²) in [5.74, 6) is 0.0571. The van der Waals surface area contributed by atoms with Crippen molar-refractivity contribution in [2.24, 2.45) is 0 Å². The van der Waals surface area contributed by atoms with Crippen molar-refractivity contribution in [2.45, 2.75) is 13.8 Å². The van der Waals surface area contributed by atoms with E-state index in [2.05, 4.69) is 0 Å². The van der Waals surface area contributed by atoms with Gasteiger partial charge in [0, 0.05) is 5.56 Å². The highest BCUT2D eigenvalue weighted by Crippen LogP contribution is 2.35. The first kappa shape index (κ1) is 8.21. The van der Waals surface area contributed by atoms with Gasteiger partial charge in [-0.15, -0.1) is 0 Å². The number of hydrogen-bond acceptors (Lipinski definition) is 2. The third kappa shape index (κ3) is 1.26. The summed E-state index contributed by atoms with van der Waals surface area (Å²) in [6.45, 7) is 3.34. The van der Waals surface area contributed by atoms with Crippen molar-refractivity contribution < 1.29 is 10.2 Å². The van der Waals surface area contributed by atoms with Crippen molar-refractivity contribution >= 4 is 11.6 Å². The zero-order valence-electron chi connectivity index (χ0n) is 6.35. The van der Waals surface area contributed by atoms with Gasteiger partial charge in [-0.25, -0.2) is 0 Å². The number of phenolic OH excluding ortho intramolecular Hbond substituents is 2. The van der Waals surface area contributed by atoms with Gasteiger partial charge in [0.25, 0.3) is 0 Å². The molecule has 0 fully saturated rings. The molecule has 0 unspecified atom stereocenters. The van der Waals surface area contributed by atoms with E-state index in [9.17, 15) is 10.2 Å². The molecule has 0 aliphatic heterocycles. The van der Waals surface area contributed by atoms with Gasteiger partial charge < -0.3 is 10.2 Å². The highest BCUT2D eigenvalue weighted by Gasteiger charge is 2.08. The van der Waals surface area contributed by atoms with Crippen LogP contribution in [0.2, 0.25) is 5.02 Å². The smallest absolute Gasteiger partial charge is 0.140 e. The number of hydrogen-bond donors (Lipinski definition) is 2. The SMILES string of the molecule is Cc1cc(Cl)c(O)c(C)c1O. The maximum atomic E-state index is 9.29. The summed E-state index contributed by atoms with van der Waals surface area (Å²) < 4.78 is 0. The van der Waals surface area contributed by atoms with Gasteiger partial charge in [0.2, 0.25) is 0 Å². The molecule has 60 valence electrons. The van der Waals surface area contributed by atoms with Crippen LogP contribution in [-0.2, 0) is 0 Å². The summed E-state index contributed by atoms with van der Waals surface area (Å²) in [4.78, 5) is 0. The topological polar surface area (TPSA) is 40.5 Å². The van der Waals surface area contributed by atoms with Gasteiger partial charge in [0.05, 0.1) is 5.02 Å². The van der Waals surface area contributed by atoms with Crippen LogP contribution in [0.15, 0.2) is 6.07 Å². The van der Waals surface area contributed by atoms with E-state index in [-0.39, 0.29) is 16.5 Å². The minimum absolute atomic E-state index is 0.0465. The van der Waals surface area contributed by atoms with E-state index >= 15 is 0 Å². The minimum atomic E-state index is -0.0465. The fourth-order valence-electron chi connectivity index (χ4n) is 0.914. The third-order valence-electron chi connectivity index (χ3n) is 1.65. The molecule has 1 aromatic carbocycles. The second-order valence-corrected chi connectivity index (χ2v) is 2.90. The Kier molecular flexibility index (Phi) is 1.96. The number of benzene rings is 1. The molecule has 0 heterocycles. The Morgan fingerprint density at radius 1 is 1.18 bits per heavy atom. The fraction of sp³-hybridized carbons (Fsp3) is 0.250. The fourth-order valence-corrected chi connectivity index (χ4v) is 1.22. The zero-order chi connectivity index (χ0) is 8.59. The molecule has 0 atom stereocenters. The van der Waals surface area contributed by atoms with Crippen LogP contribution in [-0.4, -0.2) is 10.2 Å². The lowest BCUT2D eigenvalue weighted by Gasteiger charge is -2.06. The molecular weight excluding hydrogens is 164 g/mol. The number of aryl methyl sites for hydroxylation is 1. The average molecular weight is 173 g/mol. The summed E-state index contributed by atoms with van der Waals surface area (Å²) in [6.07, 6.45) is 0. The van der Waals surface area contributed by atoms with E-state index in [1.165, 1.54) is 6.07 Å². The predicted molar refractivity (Wildman–Crippen MR) is 44.3 cm³/mol. The van der Waals surface area contributed by atoms with Gasteiger partial charge in [0.1, 0.15) is 11.5 Å². The molecule has 0 aliphatic rings. The van der Waals surface area contributed by atoms with E-state index in [0.717, 1.165) is 0 Å². The predicted octanol–water partition coefficient (Wildman–Crippen LogP) is 2.37. The van der Waals surface area contributed by atoms with Crippen molar-refractivity contribution in [3.63, 3.8) is 0 Å². The van der Waals surface area contributed by atoms with Crippen molar-refractivity contribution in [1.82, 2.24) is 0 Å². The maximum Gasteiger partial charge on any atom is 0.140 e. The van der Waals surface area contributed by atoms with Crippen LogP contribution in [0.4, 0.5) is 0 Å². The Balaban J connectivity index is 3.46. The molecule has 3 heteroatoms. The lowest BCUT2D eigenvalue weighted by molar-refractivity contribution is 0.440. The number of rotatable bonds is 0. The van der Waals surface area contributed by atoms with Gasteiger partial charge in [-0.2, -0.15) is 0 Å². The Hall–Kier alpha value is -0.890. The van der Waals surface area contributed by atoms with E-state index in [0.29, 0.717) is 11.1 Å². The lowest BCUT2D eigenvalue weighted by atomic mass is 10.1. The molecule has 0 bridgehead atoms. The van der Waals surface area contributed by atoms with Crippen molar-refractivity contribution in [1.29, 1.82) is 0 Å². The van der Waals surface area contributed by atoms with Crippen LogP contribution in [0.25, 0.3) is 0 Å². The second kappa shape index (κ2) is 2.62. The standard InChI is InChI=1S/C8H9ClO2/c1-4-3-6(9)8(11)5(2)7(4)10/h3,10-11H,1-2H3. The monoisotopic (exact) mass is 172 g/mol. The molecule has 0 saturated carbocycles. The van der Waals surface area contributed by atoms with Crippen LogP contribution < -0.4 is 0 Å². The Morgan fingerprint density at radius 2 is 1.73 bits per heavy atom. The summed E-state index contributed by atoms with van der Waals surface area (Å²) in [6, 6.07) is 1.53. The van der Waals surface area contributed by atoms with Gasteiger partial charge in [0.15, 0.2) is 0 Å². The van der Waals surface area contributed by atoms with E-state index in [1.54, 1.807) is 13.8 Å². The molecule has 0 saturated heterocycles. The molecule has 0 aromatic heterocycles. The highest BCUT2D eigenvalue weighted by atomic mass is 35.5. The molecule has 0 spiro atoms. The molecule has 2 nitrogen and oxygen atoms in total. The minimum Gasteiger partial charge on any atom is -0.507 e. The van der Waals surface area contributed by atoms with E-state index in [4.69, 9.17) is 11.6 Å². The molecule has 1 aromatic rings. The molecule has 0 amide bonds. The molecule has 2 N–H and O–H groups in total. The van der Waals surface area contributed by atoms with Crippen LogP contribution in [0, 0.1) is 13.8 Å². The first-order chi connectivity index (χ1) is 5.04. The first-order valence-corrected chi connectivity index (χ1v) is 3.59. The Labute approximate surface area is 70.1 Å². The molecule has 11 heavy (non-hydrogen) atoms. The normalized spacial score (nSPS) is 10.1. The molecular formula is C8H9ClO2. The molecule has 1 rings (SSSR count). The first-order valence-electron chi connectivity index (χ1n) is 3.21. The van der Waals surface area contributed by atoms with Crippen molar-refractivity contribution in [3.05, 3.63) is 22.2 Å². The van der Waals surface area contributed by atoms with Crippen LogP contribution in [0.1, 0.15) is 11.1 Å². The Bertz CT molecular complexity index is 268. The quantitative estimate of drug-likeness (QED) is 0.631. The van der Waals surface area contributed by atoms with Crippen LogP contribution in [0.3, 0.4) is 0 Å². The lowest BCUT2D eigenvalue weighted by Crippen LogP contribution is -1.82. The second-order valence-electron chi connectivity index (χ2n) is 2.50. The Morgan fingerprint density at radius 3 is 2.27 bits per heavy atom. The summed E-state index contributed by atoms with van der Waals surface area (Å²) in [5, 5.41) is 18.8. The average Bonchev–Trinajstić information content (AvgIpc) is 1.97. The van der Waals surface area contributed by atoms with E-state index in [1.807, 2.05) is 0 Å². The number of halogens is 1. The van der Waals surface area contributed by atoms with Crippen LogP contribution in [0.5, 0.6) is 11.5 Å². The van der Waals surface area contributed by atoms with Crippen molar-refractivity contribution in [2.75, 3.05) is 0 Å². The molecule has 0 aliphatic carbocycles. The molecule has 0 radical (unpaired) electrons. The van der Waals surface area contributed by atoms with Crippen LogP contribution >= 0.6 is 11.6 Å². The van der Waals surface area contributed by atoms with Crippen molar-refractivity contribution in [3.8, 4) is 11.5 Å². The van der Waals surface area contributed by atoms with Gasteiger partial charge in [-0.3, -0.25) is 0 Å². The van der Waals surface area contributed by atoms with Gasteiger partial charge >= 0.3 is 0 Å². The maximum absolute atomic E-state index is 9.29. The number of aromatic hydroxyl groups is 2. The number of phenols is 2. The summed E-state index contributed by atoms with van der Waals surface area (Å²) in [7, 11) is 0. The zero-order valence-corrected chi connectivity index (χ0v) is 7.11. The highest BCUT2D eigenvalue weighted by molar-refractivity contribution is 6.32. The van der Waals surface area contributed by atoms with Gasteiger partial charge in [-0.05, 0) is 25.5 Å². The van der Waals surface area contributed by atoms with E-state index < -0.39 is 0 Å². The third-order valence-corrected chi connectivity index (χ3v) is 1.94. The largest absolute Gasteiger partial charge is 0.507 e. The summed E-state index contributed by atoms with van der Waals surface area (Å²) in [5.41, 5.74) is 1.10.